The van der Waals surface area contributed by atoms with E-state index in [1.54, 1.807) is 12.3 Å². The van der Waals surface area contributed by atoms with Crippen LogP contribution in [0, 0.1) is 0 Å². The minimum Gasteiger partial charge on any atom is -0.376 e. The maximum Gasteiger partial charge on any atom is 0.320 e. The number of hydrogen-bond acceptors (Lipinski definition) is 4. The molecule has 1 unspecified atom stereocenters. The molecule has 1 aromatic rings. The molecule has 0 bridgehead atoms. The molecule has 6 heteroatoms. The molecule has 86 valence electrons. The molecule has 2 heterocycles. The van der Waals surface area contributed by atoms with Gasteiger partial charge in [0.15, 0.2) is 0 Å². The van der Waals surface area contributed by atoms with E-state index in [1.807, 2.05) is 0 Å². The summed E-state index contributed by atoms with van der Waals surface area (Å²) in [5.74, 6) is 0.486. The highest BCUT2D eigenvalue weighted by Gasteiger charge is 2.15. The predicted molar refractivity (Wildman–Crippen MR) is 58.0 cm³/mol. The van der Waals surface area contributed by atoms with Crippen LogP contribution in [0.4, 0.5) is 10.6 Å². The van der Waals surface area contributed by atoms with Crippen molar-refractivity contribution >= 4 is 11.8 Å². The fourth-order valence-electron chi connectivity index (χ4n) is 1.54. The number of aromatic nitrogens is 2. The van der Waals surface area contributed by atoms with Crippen LogP contribution in [0.3, 0.4) is 0 Å². The summed E-state index contributed by atoms with van der Waals surface area (Å²) in [6.45, 7) is 1.33. The minimum atomic E-state index is -0.269. The van der Waals surface area contributed by atoms with Crippen molar-refractivity contribution in [2.24, 2.45) is 0 Å². The second-order valence-electron chi connectivity index (χ2n) is 3.56. The van der Waals surface area contributed by atoms with Crippen LogP contribution >= 0.6 is 0 Å². The van der Waals surface area contributed by atoms with Crippen molar-refractivity contribution in [1.29, 1.82) is 0 Å². The zero-order valence-corrected chi connectivity index (χ0v) is 8.85. The highest BCUT2D eigenvalue weighted by molar-refractivity contribution is 5.88. The summed E-state index contributed by atoms with van der Waals surface area (Å²) in [4.78, 5) is 19.1. The van der Waals surface area contributed by atoms with Gasteiger partial charge in [0, 0.05) is 19.3 Å². The molecule has 1 fully saturated rings. The van der Waals surface area contributed by atoms with Gasteiger partial charge in [-0.3, -0.25) is 5.32 Å². The average molecular weight is 222 g/mol. The zero-order chi connectivity index (χ0) is 11.2. The number of carbonyl (C=O) groups is 1. The fraction of sp³-hybridized carbons (Fsp3) is 0.500. The Kier molecular flexibility index (Phi) is 3.66. The molecule has 0 spiro atoms. The molecule has 1 aliphatic heterocycles. The molecule has 6 nitrogen and oxygen atoms in total. The first-order valence-corrected chi connectivity index (χ1v) is 5.27. The Hall–Kier alpha value is -1.69. The number of ether oxygens (including phenoxy) is 1. The molecule has 2 N–H and O–H groups in total. The summed E-state index contributed by atoms with van der Waals surface area (Å²) in [7, 11) is 0. The molecule has 1 atom stereocenters. The van der Waals surface area contributed by atoms with Gasteiger partial charge >= 0.3 is 6.03 Å². The van der Waals surface area contributed by atoms with E-state index in [9.17, 15) is 4.79 Å². The Balaban J connectivity index is 1.72. The normalized spacial score (nSPS) is 19.4. The summed E-state index contributed by atoms with van der Waals surface area (Å²) in [6, 6.07) is 1.36. The summed E-state index contributed by atoms with van der Waals surface area (Å²) >= 11 is 0. The van der Waals surface area contributed by atoms with E-state index < -0.39 is 0 Å². The van der Waals surface area contributed by atoms with E-state index in [-0.39, 0.29) is 12.1 Å². The van der Waals surface area contributed by atoms with Crippen LogP contribution in [0.5, 0.6) is 0 Å². The van der Waals surface area contributed by atoms with Crippen molar-refractivity contribution in [3.63, 3.8) is 0 Å². The lowest BCUT2D eigenvalue weighted by atomic mass is 10.2. The average Bonchev–Trinajstić information content (AvgIpc) is 2.81. The van der Waals surface area contributed by atoms with Crippen LogP contribution in [0.1, 0.15) is 12.8 Å². The van der Waals surface area contributed by atoms with Crippen LogP contribution in [0.2, 0.25) is 0 Å². The van der Waals surface area contributed by atoms with Gasteiger partial charge in [-0.25, -0.2) is 14.8 Å². The number of rotatable bonds is 3. The van der Waals surface area contributed by atoms with Gasteiger partial charge in [0.05, 0.1) is 6.10 Å². The molecule has 0 aromatic carbocycles. The Morgan fingerprint density at radius 2 is 2.56 bits per heavy atom. The molecule has 2 amide bonds. The molecule has 0 aliphatic carbocycles. The van der Waals surface area contributed by atoms with Crippen molar-refractivity contribution in [3.8, 4) is 0 Å². The minimum absolute atomic E-state index is 0.149. The molecule has 0 saturated carbocycles. The topological polar surface area (TPSA) is 76.1 Å². The van der Waals surface area contributed by atoms with Gasteiger partial charge in [0.1, 0.15) is 12.1 Å². The van der Waals surface area contributed by atoms with Crippen LogP contribution in [-0.4, -0.2) is 35.3 Å². The number of nitrogens with zero attached hydrogens (tertiary/aromatic N) is 2. The quantitative estimate of drug-likeness (QED) is 0.792. The van der Waals surface area contributed by atoms with Gasteiger partial charge in [-0.2, -0.15) is 0 Å². The first-order valence-electron chi connectivity index (χ1n) is 5.27. The molecule has 16 heavy (non-hydrogen) atoms. The molecule has 1 aromatic heterocycles. The van der Waals surface area contributed by atoms with Gasteiger partial charge in [0.2, 0.25) is 0 Å². The smallest absolute Gasteiger partial charge is 0.320 e. The van der Waals surface area contributed by atoms with Crippen molar-refractivity contribution in [2.45, 2.75) is 18.9 Å². The maximum absolute atomic E-state index is 11.4. The Bertz CT molecular complexity index is 338. The molecule has 2 rings (SSSR count). The van der Waals surface area contributed by atoms with Crippen molar-refractivity contribution in [2.75, 3.05) is 18.5 Å². The summed E-state index contributed by atoms with van der Waals surface area (Å²) in [6.07, 6.45) is 5.18. The summed E-state index contributed by atoms with van der Waals surface area (Å²) < 4.78 is 5.39. The number of anilines is 1. The monoisotopic (exact) mass is 222 g/mol. The number of amides is 2. The van der Waals surface area contributed by atoms with Crippen LogP contribution in [-0.2, 0) is 4.74 Å². The largest absolute Gasteiger partial charge is 0.376 e. The van der Waals surface area contributed by atoms with Crippen molar-refractivity contribution < 1.29 is 9.53 Å². The van der Waals surface area contributed by atoms with Crippen LogP contribution in [0.25, 0.3) is 0 Å². The molecule has 1 saturated heterocycles. The first kappa shape index (κ1) is 10.8. The van der Waals surface area contributed by atoms with Crippen LogP contribution < -0.4 is 10.6 Å². The van der Waals surface area contributed by atoms with Gasteiger partial charge in [-0.05, 0) is 18.9 Å². The molecule has 0 radical (unpaired) electrons. The second-order valence-corrected chi connectivity index (χ2v) is 3.56. The van der Waals surface area contributed by atoms with E-state index in [1.165, 1.54) is 6.33 Å². The Labute approximate surface area is 93.4 Å². The third-order valence-electron chi connectivity index (χ3n) is 2.34. The Morgan fingerprint density at radius 1 is 1.62 bits per heavy atom. The zero-order valence-electron chi connectivity index (χ0n) is 8.85. The number of carbonyl (C=O) groups excluding carboxylic acids is 1. The fourth-order valence-corrected chi connectivity index (χ4v) is 1.54. The van der Waals surface area contributed by atoms with Gasteiger partial charge in [0.25, 0.3) is 0 Å². The van der Waals surface area contributed by atoms with Gasteiger partial charge < -0.3 is 10.1 Å². The summed E-state index contributed by atoms with van der Waals surface area (Å²) in [5.41, 5.74) is 0. The Morgan fingerprint density at radius 3 is 3.25 bits per heavy atom. The third-order valence-corrected chi connectivity index (χ3v) is 2.34. The third kappa shape index (κ3) is 3.16. The van der Waals surface area contributed by atoms with Crippen molar-refractivity contribution in [3.05, 3.63) is 18.6 Å². The lowest BCUT2D eigenvalue weighted by Crippen LogP contribution is -2.35. The van der Waals surface area contributed by atoms with Gasteiger partial charge in [-0.1, -0.05) is 0 Å². The van der Waals surface area contributed by atoms with E-state index in [0.717, 1.165) is 19.4 Å². The number of urea groups is 1. The van der Waals surface area contributed by atoms with E-state index >= 15 is 0 Å². The highest BCUT2D eigenvalue weighted by Crippen LogP contribution is 2.10. The van der Waals surface area contributed by atoms with E-state index in [2.05, 4.69) is 20.6 Å². The van der Waals surface area contributed by atoms with Crippen LogP contribution in [0.15, 0.2) is 18.6 Å². The molecular formula is C10H14N4O2. The standard InChI is InChI=1S/C10H14N4O2/c15-10(12-6-8-2-1-5-16-8)14-9-3-4-11-7-13-9/h3-4,7-8H,1-2,5-6H2,(H2,11,12,13,14,15). The van der Waals surface area contributed by atoms with E-state index in [4.69, 9.17) is 4.74 Å². The SMILES string of the molecule is O=C(NCC1CCCO1)Nc1ccncn1. The maximum atomic E-state index is 11.4. The van der Waals surface area contributed by atoms with Crippen molar-refractivity contribution in [1.82, 2.24) is 15.3 Å². The lowest BCUT2D eigenvalue weighted by Gasteiger charge is -2.11. The first-order chi connectivity index (χ1) is 7.84. The predicted octanol–water partition coefficient (Wildman–Crippen LogP) is 0.777. The molecule has 1 aliphatic rings. The number of nitrogens with one attached hydrogen (secondary N) is 2. The highest BCUT2D eigenvalue weighted by atomic mass is 16.5. The molecular weight excluding hydrogens is 208 g/mol. The number of hydrogen-bond donors (Lipinski definition) is 2. The van der Waals surface area contributed by atoms with Gasteiger partial charge in [-0.15, -0.1) is 0 Å². The summed E-state index contributed by atoms with van der Waals surface area (Å²) in [5, 5.41) is 5.35. The second kappa shape index (κ2) is 5.41. The lowest BCUT2D eigenvalue weighted by molar-refractivity contribution is 0.112. The van der Waals surface area contributed by atoms with E-state index in [0.29, 0.717) is 12.4 Å².